The lowest BCUT2D eigenvalue weighted by atomic mass is 10.1. The van der Waals surface area contributed by atoms with Crippen LogP contribution in [0.2, 0.25) is 0 Å². The normalized spacial score (nSPS) is 10.6. The van der Waals surface area contributed by atoms with Crippen molar-refractivity contribution in [1.29, 1.82) is 0 Å². The highest BCUT2D eigenvalue weighted by Crippen LogP contribution is 2.27. The van der Waals surface area contributed by atoms with Gasteiger partial charge in [0, 0.05) is 41.4 Å². The molecule has 0 saturated carbocycles. The van der Waals surface area contributed by atoms with Gasteiger partial charge in [-0.25, -0.2) is 4.98 Å². The average Bonchev–Trinajstić information content (AvgIpc) is 2.97. The molecule has 122 valence electrons. The van der Waals surface area contributed by atoms with Crippen LogP contribution in [0, 0.1) is 13.8 Å². The van der Waals surface area contributed by atoms with E-state index < -0.39 is 0 Å². The number of hydrogen-bond donors (Lipinski definition) is 1. The van der Waals surface area contributed by atoms with Gasteiger partial charge in [0.25, 0.3) is 5.91 Å². The van der Waals surface area contributed by atoms with Gasteiger partial charge in [-0.3, -0.25) is 9.78 Å². The highest BCUT2D eigenvalue weighted by atomic mass is 32.1. The summed E-state index contributed by atoms with van der Waals surface area (Å²) in [7, 11) is 0. The van der Waals surface area contributed by atoms with Crippen molar-refractivity contribution in [3.8, 4) is 10.6 Å². The third-order valence-electron chi connectivity index (χ3n) is 3.75. The minimum atomic E-state index is -0.0374. The number of carbonyl (C=O) groups excluding carboxylic acids is 1. The summed E-state index contributed by atoms with van der Waals surface area (Å²) in [5.74, 6) is -0.0374. The number of rotatable bonds is 5. The number of aromatic nitrogens is 2. The molecule has 0 fully saturated rings. The molecule has 5 heteroatoms. The van der Waals surface area contributed by atoms with Crippen LogP contribution in [0.25, 0.3) is 10.6 Å². The van der Waals surface area contributed by atoms with Gasteiger partial charge in [-0.1, -0.05) is 17.7 Å². The highest BCUT2D eigenvalue weighted by Gasteiger charge is 2.10. The summed E-state index contributed by atoms with van der Waals surface area (Å²) in [5.41, 5.74) is 3.89. The molecule has 0 aliphatic heterocycles. The third kappa shape index (κ3) is 3.86. The van der Waals surface area contributed by atoms with Crippen LogP contribution < -0.4 is 5.32 Å². The van der Waals surface area contributed by atoms with Crippen molar-refractivity contribution in [2.24, 2.45) is 0 Å². The first-order valence-corrected chi connectivity index (χ1v) is 8.66. The van der Waals surface area contributed by atoms with Gasteiger partial charge in [-0.2, -0.15) is 0 Å². The van der Waals surface area contributed by atoms with E-state index in [-0.39, 0.29) is 5.91 Å². The van der Waals surface area contributed by atoms with Gasteiger partial charge in [0.15, 0.2) is 0 Å². The fourth-order valence-electron chi connectivity index (χ4n) is 2.37. The number of nitrogens with one attached hydrogen (secondary N) is 1. The molecule has 0 unspecified atom stereocenters. The average molecular weight is 337 g/mol. The van der Waals surface area contributed by atoms with Crippen LogP contribution in [0.4, 0.5) is 0 Å². The molecule has 1 aromatic carbocycles. The number of pyridine rings is 1. The van der Waals surface area contributed by atoms with Gasteiger partial charge in [0.05, 0.1) is 5.69 Å². The molecule has 0 radical (unpaired) electrons. The van der Waals surface area contributed by atoms with Crippen LogP contribution in [0.1, 0.15) is 26.5 Å². The lowest BCUT2D eigenvalue weighted by Crippen LogP contribution is -2.25. The fraction of sp³-hybridized carbons (Fsp3) is 0.211. The quantitative estimate of drug-likeness (QED) is 0.770. The summed E-state index contributed by atoms with van der Waals surface area (Å²) in [6.07, 6.45) is 4.36. The van der Waals surface area contributed by atoms with Gasteiger partial charge < -0.3 is 5.32 Å². The zero-order chi connectivity index (χ0) is 16.9. The van der Waals surface area contributed by atoms with Crippen LogP contribution in [0.3, 0.4) is 0 Å². The molecule has 1 N–H and O–H groups in total. The van der Waals surface area contributed by atoms with Gasteiger partial charge in [0.1, 0.15) is 5.01 Å². The van der Waals surface area contributed by atoms with E-state index >= 15 is 0 Å². The lowest BCUT2D eigenvalue weighted by molar-refractivity contribution is 0.0954. The summed E-state index contributed by atoms with van der Waals surface area (Å²) in [6, 6.07) is 11.5. The second-order valence-corrected chi connectivity index (χ2v) is 6.72. The summed E-state index contributed by atoms with van der Waals surface area (Å²) in [5, 5.41) is 3.94. The summed E-state index contributed by atoms with van der Waals surface area (Å²) < 4.78 is 0. The SMILES string of the molecule is Cc1ccc(C(=O)NCCc2sc(-c3cccnc3)nc2C)cc1. The lowest BCUT2D eigenvalue weighted by Gasteiger charge is -2.05. The number of nitrogens with zero attached hydrogens (tertiary/aromatic N) is 2. The first-order chi connectivity index (χ1) is 11.6. The van der Waals surface area contributed by atoms with E-state index in [1.54, 1.807) is 17.5 Å². The number of thiazole rings is 1. The Bertz CT molecular complexity index is 826. The molecule has 3 aromatic rings. The predicted molar refractivity (Wildman–Crippen MR) is 97.3 cm³/mol. The molecule has 24 heavy (non-hydrogen) atoms. The zero-order valence-corrected chi connectivity index (χ0v) is 14.6. The van der Waals surface area contributed by atoms with E-state index in [2.05, 4.69) is 15.3 Å². The molecule has 0 aliphatic carbocycles. The first kappa shape index (κ1) is 16.3. The molecule has 2 aromatic heterocycles. The third-order valence-corrected chi connectivity index (χ3v) is 5.02. The summed E-state index contributed by atoms with van der Waals surface area (Å²) in [6.45, 7) is 4.61. The molecule has 3 rings (SSSR count). The van der Waals surface area contributed by atoms with E-state index in [9.17, 15) is 4.79 Å². The Morgan fingerprint density at radius 3 is 2.67 bits per heavy atom. The Hall–Kier alpha value is -2.53. The number of carbonyl (C=O) groups is 1. The molecule has 2 heterocycles. The van der Waals surface area contributed by atoms with Crippen molar-refractivity contribution in [2.45, 2.75) is 20.3 Å². The number of aryl methyl sites for hydroxylation is 2. The Labute approximate surface area is 145 Å². The standard InChI is InChI=1S/C19H19N3OS/c1-13-5-7-15(8-6-13)18(23)21-11-9-17-14(2)22-19(24-17)16-4-3-10-20-12-16/h3-8,10,12H,9,11H2,1-2H3,(H,21,23). The van der Waals surface area contributed by atoms with Crippen LogP contribution >= 0.6 is 11.3 Å². The monoisotopic (exact) mass is 337 g/mol. The van der Waals surface area contributed by atoms with Crippen molar-refractivity contribution < 1.29 is 4.79 Å². The molecule has 0 saturated heterocycles. The molecule has 4 nitrogen and oxygen atoms in total. The molecule has 0 spiro atoms. The first-order valence-electron chi connectivity index (χ1n) is 7.85. The van der Waals surface area contributed by atoms with Gasteiger partial charge in [-0.05, 0) is 38.1 Å². The maximum absolute atomic E-state index is 12.1. The molecule has 0 bridgehead atoms. The second kappa shape index (κ2) is 7.36. The zero-order valence-electron chi connectivity index (χ0n) is 13.7. The van der Waals surface area contributed by atoms with E-state index in [0.717, 1.165) is 28.2 Å². The molecule has 0 aliphatic rings. The van der Waals surface area contributed by atoms with E-state index in [1.807, 2.05) is 56.4 Å². The number of amides is 1. The Morgan fingerprint density at radius 2 is 1.96 bits per heavy atom. The number of benzene rings is 1. The Kier molecular flexibility index (Phi) is 5.01. The van der Waals surface area contributed by atoms with Crippen molar-refractivity contribution in [3.05, 3.63) is 70.5 Å². The fourth-order valence-corrected chi connectivity index (χ4v) is 3.42. The van der Waals surface area contributed by atoms with Crippen LogP contribution in [-0.4, -0.2) is 22.4 Å². The van der Waals surface area contributed by atoms with E-state index in [1.165, 1.54) is 4.88 Å². The minimum Gasteiger partial charge on any atom is -0.352 e. The maximum atomic E-state index is 12.1. The number of hydrogen-bond acceptors (Lipinski definition) is 4. The van der Waals surface area contributed by atoms with Gasteiger partial charge >= 0.3 is 0 Å². The van der Waals surface area contributed by atoms with Crippen molar-refractivity contribution in [2.75, 3.05) is 6.54 Å². The van der Waals surface area contributed by atoms with Crippen molar-refractivity contribution >= 4 is 17.2 Å². The van der Waals surface area contributed by atoms with Crippen LogP contribution in [0.5, 0.6) is 0 Å². The van der Waals surface area contributed by atoms with E-state index in [4.69, 9.17) is 0 Å². The Morgan fingerprint density at radius 1 is 1.17 bits per heavy atom. The van der Waals surface area contributed by atoms with Crippen LogP contribution in [-0.2, 0) is 6.42 Å². The summed E-state index contributed by atoms with van der Waals surface area (Å²) >= 11 is 1.66. The topological polar surface area (TPSA) is 54.9 Å². The molecule has 0 atom stereocenters. The molecular formula is C19H19N3OS. The van der Waals surface area contributed by atoms with E-state index in [0.29, 0.717) is 12.1 Å². The largest absolute Gasteiger partial charge is 0.352 e. The second-order valence-electron chi connectivity index (χ2n) is 5.64. The van der Waals surface area contributed by atoms with Crippen molar-refractivity contribution in [3.63, 3.8) is 0 Å². The maximum Gasteiger partial charge on any atom is 0.251 e. The molecule has 1 amide bonds. The van der Waals surface area contributed by atoms with Gasteiger partial charge in [-0.15, -0.1) is 11.3 Å². The summed E-state index contributed by atoms with van der Waals surface area (Å²) in [4.78, 5) is 22.1. The van der Waals surface area contributed by atoms with Crippen molar-refractivity contribution in [1.82, 2.24) is 15.3 Å². The smallest absolute Gasteiger partial charge is 0.251 e. The highest BCUT2D eigenvalue weighted by molar-refractivity contribution is 7.15. The predicted octanol–water partition coefficient (Wildman–Crippen LogP) is 3.79. The van der Waals surface area contributed by atoms with Gasteiger partial charge in [0.2, 0.25) is 0 Å². The molecular weight excluding hydrogens is 318 g/mol. The van der Waals surface area contributed by atoms with Crippen LogP contribution in [0.15, 0.2) is 48.8 Å². The minimum absolute atomic E-state index is 0.0374. The Balaban J connectivity index is 1.60.